The Bertz CT molecular complexity index is 732. The van der Waals surface area contributed by atoms with Gasteiger partial charge in [0, 0.05) is 7.05 Å². The van der Waals surface area contributed by atoms with Crippen LogP contribution in [0.15, 0.2) is 47.6 Å². The molecule has 126 valence electrons. The van der Waals surface area contributed by atoms with Crippen molar-refractivity contribution in [3.63, 3.8) is 0 Å². The maximum absolute atomic E-state index is 5.87. The van der Waals surface area contributed by atoms with Crippen molar-refractivity contribution in [3.05, 3.63) is 59.2 Å². The summed E-state index contributed by atoms with van der Waals surface area (Å²) in [5.74, 6) is 1.35. The minimum Gasteiger partial charge on any atom is -0.493 e. The second kappa shape index (κ2) is 8.88. The Morgan fingerprint density at radius 2 is 2.04 bits per heavy atom. The van der Waals surface area contributed by atoms with Gasteiger partial charge in [0.25, 0.3) is 0 Å². The summed E-state index contributed by atoms with van der Waals surface area (Å²) in [7, 11) is 3.35. The molecule has 0 aliphatic heterocycles. The van der Waals surface area contributed by atoms with Crippen LogP contribution >= 0.6 is 12.2 Å². The van der Waals surface area contributed by atoms with E-state index in [0.717, 1.165) is 11.1 Å². The number of thiocarbonyl (C=S) groups is 1. The van der Waals surface area contributed by atoms with Crippen LogP contribution < -0.4 is 20.2 Å². The largest absolute Gasteiger partial charge is 0.493 e. The lowest BCUT2D eigenvalue weighted by Crippen LogP contribution is -2.28. The number of aryl methyl sites for hydroxylation is 1. The van der Waals surface area contributed by atoms with Gasteiger partial charge in [-0.05, 0) is 48.5 Å². The number of methoxy groups -OCH3 is 1. The lowest BCUT2D eigenvalue weighted by atomic mass is 10.1. The molecule has 2 N–H and O–H groups in total. The molecule has 6 heteroatoms. The molecule has 0 unspecified atom stereocenters. The highest BCUT2D eigenvalue weighted by molar-refractivity contribution is 7.80. The van der Waals surface area contributed by atoms with Crippen LogP contribution in [0.4, 0.5) is 0 Å². The van der Waals surface area contributed by atoms with Gasteiger partial charge in [-0.15, -0.1) is 0 Å². The number of nitrogens with one attached hydrogen (secondary N) is 2. The van der Waals surface area contributed by atoms with Gasteiger partial charge in [-0.25, -0.2) is 0 Å². The molecule has 0 aliphatic rings. The molecule has 0 aromatic heterocycles. The lowest BCUT2D eigenvalue weighted by Gasteiger charge is -2.11. The highest BCUT2D eigenvalue weighted by Crippen LogP contribution is 2.28. The molecule has 0 spiro atoms. The van der Waals surface area contributed by atoms with Crippen LogP contribution in [0.3, 0.4) is 0 Å². The molecular weight excluding hydrogens is 322 g/mol. The van der Waals surface area contributed by atoms with Gasteiger partial charge in [0.2, 0.25) is 0 Å². The molecule has 0 aliphatic carbocycles. The summed E-state index contributed by atoms with van der Waals surface area (Å²) in [6.45, 7) is 2.55. The van der Waals surface area contributed by atoms with Crippen molar-refractivity contribution in [2.45, 2.75) is 13.5 Å². The van der Waals surface area contributed by atoms with E-state index in [1.807, 2.05) is 30.3 Å². The molecule has 0 saturated heterocycles. The lowest BCUT2D eigenvalue weighted by molar-refractivity contribution is 0.284. The van der Waals surface area contributed by atoms with E-state index >= 15 is 0 Å². The molecule has 0 saturated carbocycles. The zero-order chi connectivity index (χ0) is 17.4. The molecule has 0 heterocycles. The fraction of sp³-hybridized carbons (Fsp3) is 0.222. The minimum atomic E-state index is 0.455. The number of rotatable bonds is 6. The van der Waals surface area contributed by atoms with Gasteiger partial charge in [0.1, 0.15) is 6.61 Å². The standard InChI is InChI=1S/C18H21N3O2S/c1-13-5-4-6-15(9-13)12-23-16-8-7-14(10-17(16)22-3)11-20-21-18(24)19-2/h4-11H,12H2,1-3H3,(H2,19,21,24). The molecule has 0 atom stereocenters. The molecule has 2 aromatic rings. The molecule has 0 amide bonds. The topological polar surface area (TPSA) is 54.9 Å². The fourth-order valence-electron chi connectivity index (χ4n) is 2.07. The molecule has 2 aromatic carbocycles. The van der Waals surface area contributed by atoms with E-state index in [9.17, 15) is 0 Å². The van der Waals surface area contributed by atoms with E-state index in [1.54, 1.807) is 20.4 Å². The maximum atomic E-state index is 5.87. The normalized spacial score (nSPS) is 10.5. The summed E-state index contributed by atoms with van der Waals surface area (Å²) in [5.41, 5.74) is 5.91. The molecular formula is C18H21N3O2S. The van der Waals surface area contributed by atoms with Gasteiger partial charge in [0.05, 0.1) is 13.3 Å². The first-order chi connectivity index (χ1) is 11.6. The summed E-state index contributed by atoms with van der Waals surface area (Å²) in [5, 5.41) is 7.28. The highest BCUT2D eigenvalue weighted by atomic mass is 32.1. The summed E-state index contributed by atoms with van der Waals surface area (Å²) in [6.07, 6.45) is 1.66. The third kappa shape index (κ3) is 5.24. The number of hydrazone groups is 1. The summed E-state index contributed by atoms with van der Waals surface area (Å²) < 4.78 is 11.3. The third-order valence-electron chi connectivity index (χ3n) is 3.27. The zero-order valence-corrected chi connectivity index (χ0v) is 14.8. The Balaban J connectivity index is 2.04. The van der Waals surface area contributed by atoms with E-state index in [1.165, 1.54) is 5.56 Å². The third-order valence-corrected chi connectivity index (χ3v) is 3.57. The van der Waals surface area contributed by atoms with E-state index in [0.29, 0.717) is 23.2 Å². The van der Waals surface area contributed by atoms with Gasteiger partial charge in [-0.2, -0.15) is 5.10 Å². The summed E-state index contributed by atoms with van der Waals surface area (Å²) >= 11 is 4.95. The Hall–Kier alpha value is -2.60. The van der Waals surface area contributed by atoms with Crippen LogP contribution in [0, 0.1) is 6.92 Å². The number of nitrogens with zero attached hydrogens (tertiary/aromatic N) is 1. The van der Waals surface area contributed by atoms with E-state index < -0.39 is 0 Å². The average Bonchev–Trinajstić information content (AvgIpc) is 2.60. The van der Waals surface area contributed by atoms with Crippen LogP contribution in [-0.4, -0.2) is 25.5 Å². The number of hydrogen-bond donors (Lipinski definition) is 2. The van der Waals surface area contributed by atoms with Gasteiger partial charge < -0.3 is 14.8 Å². The van der Waals surface area contributed by atoms with Crippen LogP contribution in [-0.2, 0) is 6.61 Å². The smallest absolute Gasteiger partial charge is 0.186 e. The summed E-state index contributed by atoms with van der Waals surface area (Å²) in [4.78, 5) is 0. The van der Waals surface area contributed by atoms with Crippen molar-refractivity contribution < 1.29 is 9.47 Å². The molecule has 5 nitrogen and oxygen atoms in total. The van der Waals surface area contributed by atoms with E-state index in [2.05, 4.69) is 34.9 Å². The van der Waals surface area contributed by atoms with Crippen molar-refractivity contribution >= 4 is 23.5 Å². The van der Waals surface area contributed by atoms with Gasteiger partial charge in [0.15, 0.2) is 16.6 Å². The van der Waals surface area contributed by atoms with Gasteiger partial charge >= 0.3 is 0 Å². The van der Waals surface area contributed by atoms with Crippen molar-refractivity contribution in [2.24, 2.45) is 5.10 Å². The molecule has 0 fully saturated rings. The number of ether oxygens (including phenoxy) is 2. The minimum absolute atomic E-state index is 0.455. The number of hydrogen-bond acceptors (Lipinski definition) is 4. The van der Waals surface area contributed by atoms with Crippen LogP contribution in [0.1, 0.15) is 16.7 Å². The predicted octanol–water partition coefficient (Wildman–Crippen LogP) is 3.01. The fourth-order valence-corrected chi connectivity index (χ4v) is 2.12. The van der Waals surface area contributed by atoms with E-state index in [-0.39, 0.29) is 0 Å². The molecule has 2 rings (SSSR count). The van der Waals surface area contributed by atoms with Crippen molar-refractivity contribution in [1.29, 1.82) is 0 Å². The van der Waals surface area contributed by atoms with Crippen molar-refractivity contribution in [3.8, 4) is 11.5 Å². The summed E-state index contributed by atoms with van der Waals surface area (Å²) in [6, 6.07) is 13.9. The van der Waals surface area contributed by atoms with Crippen molar-refractivity contribution in [2.75, 3.05) is 14.2 Å². The van der Waals surface area contributed by atoms with Crippen LogP contribution in [0.5, 0.6) is 11.5 Å². The monoisotopic (exact) mass is 343 g/mol. The van der Waals surface area contributed by atoms with Crippen LogP contribution in [0.25, 0.3) is 0 Å². The Kier molecular flexibility index (Phi) is 6.57. The molecule has 24 heavy (non-hydrogen) atoms. The molecule has 0 bridgehead atoms. The SMILES string of the molecule is CNC(=S)NN=Cc1ccc(OCc2cccc(C)c2)c(OC)c1. The first kappa shape index (κ1) is 17.7. The first-order valence-electron chi connectivity index (χ1n) is 7.49. The van der Waals surface area contributed by atoms with Crippen molar-refractivity contribution in [1.82, 2.24) is 10.7 Å². The first-order valence-corrected chi connectivity index (χ1v) is 7.90. The van der Waals surface area contributed by atoms with Gasteiger partial charge in [-0.1, -0.05) is 29.8 Å². The Morgan fingerprint density at radius 3 is 2.75 bits per heavy atom. The van der Waals surface area contributed by atoms with Gasteiger partial charge in [-0.3, -0.25) is 5.43 Å². The highest BCUT2D eigenvalue weighted by Gasteiger charge is 2.06. The quantitative estimate of drug-likeness (QED) is 0.480. The molecule has 0 radical (unpaired) electrons. The number of benzene rings is 2. The average molecular weight is 343 g/mol. The Labute approximate surface area is 147 Å². The second-order valence-electron chi connectivity index (χ2n) is 5.14. The second-order valence-corrected chi connectivity index (χ2v) is 5.55. The zero-order valence-electron chi connectivity index (χ0n) is 14.0. The predicted molar refractivity (Wildman–Crippen MR) is 101 cm³/mol. The maximum Gasteiger partial charge on any atom is 0.186 e. The Morgan fingerprint density at radius 1 is 1.21 bits per heavy atom. The van der Waals surface area contributed by atoms with E-state index in [4.69, 9.17) is 21.7 Å². The van der Waals surface area contributed by atoms with Crippen LogP contribution in [0.2, 0.25) is 0 Å².